The van der Waals surface area contributed by atoms with Crippen LogP contribution in [0.3, 0.4) is 0 Å². The van der Waals surface area contributed by atoms with E-state index in [1.807, 2.05) is 0 Å². The van der Waals surface area contributed by atoms with E-state index in [1.54, 1.807) is 12.1 Å². The monoisotopic (exact) mass is 286 g/mol. The van der Waals surface area contributed by atoms with Gasteiger partial charge in [0.25, 0.3) is 5.91 Å². The molecule has 7 heteroatoms. The zero-order valence-corrected chi connectivity index (χ0v) is 10.7. The Bertz CT molecular complexity index is 471. The standard InChI is InChI=1S/C13H16F2N2O3/c14-13(15)20-10-4-2-1-3-9(10)17-12(18)11-6-5-8(7-16)19-11/h1-4,8,11,13H,5-7,16H2,(H,17,18). The fourth-order valence-corrected chi connectivity index (χ4v) is 2.05. The Hall–Kier alpha value is -1.73. The molecule has 20 heavy (non-hydrogen) atoms. The lowest BCUT2D eigenvalue weighted by atomic mass is 10.2. The highest BCUT2D eigenvalue weighted by Gasteiger charge is 2.30. The van der Waals surface area contributed by atoms with Crippen LogP contribution in [0, 0.1) is 0 Å². The molecule has 3 N–H and O–H groups in total. The first kappa shape index (κ1) is 14.7. The van der Waals surface area contributed by atoms with Crippen LogP contribution in [0.1, 0.15) is 12.8 Å². The van der Waals surface area contributed by atoms with Crippen LogP contribution in [-0.2, 0) is 9.53 Å². The summed E-state index contributed by atoms with van der Waals surface area (Å²) in [6, 6.07) is 6.01. The number of rotatable bonds is 5. The molecule has 1 heterocycles. The van der Waals surface area contributed by atoms with Gasteiger partial charge in [0, 0.05) is 6.54 Å². The molecule has 0 aromatic heterocycles. The van der Waals surface area contributed by atoms with Crippen LogP contribution < -0.4 is 15.8 Å². The zero-order chi connectivity index (χ0) is 14.5. The second-order valence-electron chi connectivity index (χ2n) is 4.42. The van der Waals surface area contributed by atoms with Crippen molar-refractivity contribution in [2.24, 2.45) is 5.73 Å². The van der Waals surface area contributed by atoms with Crippen molar-refractivity contribution in [3.8, 4) is 5.75 Å². The van der Waals surface area contributed by atoms with Gasteiger partial charge in [0.2, 0.25) is 0 Å². The molecule has 2 rings (SSSR count). The number of para-hydroxylation sites is 2. The van der Waals surface area contributed by atoms with Gasteiger partial charge in [-0.1, -0.05) is 12.1 Å². The second kappa shape index (κ2) is 6.62. The van der Waals surface area contributed by atoms with Crippen LogP contribution in [0.4, 0.5) is 14.5 Å². The van der Waals surface area contributed by atoms with Crippen molar-refractivity contribution in [2.45, 2.75) is 31.7 Å². The number of benzene rings is 1. The van der Waals surface area contributed by atoms with Gasteiger partial charge in [-0.3, -0.25) is 4.79 Å². The van der Waals surface area contributed by atoms with Crippen LogP contribution in [-0.4, -0.2) is 31.3 Å². The predicted octanol–water partition coefficient (Wildman–Crippen LogP) is 1.73. The number of amides is 1. The molecule has 0 aliphatic carbocycles. The third-order valence-electron chi connectivity index (χ3n) is 3.02. The summed E-state index contributed by atoms with van der Waals surface area (Å²) in [5.41, 5.74) is 5.66. The largest absolute Gasteiger partial charge is 0.433 e. The minimum Gasteiger partial charge on any atom is -0.433 e. The summed E-state index contributed by atoms with van der Waals surface area (Å²) in [5, 5.41) is 2.54. The first-order valence-electron chi connectivity index (χ1n) is 6.30. The molecule has 0 spiro atoms. The van der Waals surface area contributed by atoms with Gasteiger partial charge in [-0.2, -0.15) is 8.78 Å². The maximum Gasteiger partial charge on any atom is 0.387 e. The average molecular weight is 286 g/mol. The molecule has 1 aliphatic heterocycles. The van der Waals surface area contributed by atoms with Gasteiger partial charge >= 0.3 is 6.61 Å². The van der Waals surface area contributed by atoms with Crippen LogP contribution in [0.5, 0.6) is 5.75 Å². The Balaban J connectivity index is 2.01. The van der Waals surface area contributed by atoms with Gasteiger partial charge < -0.3 is 20.5 Å². The summed E-state index contributed by atoms with van der Waals surface area (Å²) in [4.78, 5) is 12.0. The molecular weight excluding hydrogens is 270 g/mol. The van der Waals surface area contributed by atoms with Gasteiger partial charge in [-0.25, -0.2) is 0 Å². The fourth-order valence-electron chi connectivity index (χ4n) is 2.05. The predicted molar refractivity (Wildman–Crippen MR) is 68.7 cm³/mol. The van der Waals surface area contributed by atoms with E-state index in [0.29, 0.717) is 19.4 Å². The molecular formula is C13H16F2N2O3. The first-order valence-corrected chi connectivity index (χ1v) is 6.30. The number of alkyl halides is 2. The van der Waals surface area contributed by atoms with E-state index in [1.165, 1.54) is 12.1 Å². The molecule has 0 saturated carbocycles. The summed E-state index contributed by atoms with van der Waals surface area (Å²) in [6.07, 6.45) is 0.538. The zero-order valence-electron chi connectivity index (χ0n) is 10.7. The highest BCUT2D eigenvalue weighted by molar-refractivity contribution is 5.95. The van der Waals surface area contributed by atoms with E-state index in [0.717, 1.165) is 0 Å². The average Bonchev–Trinajstić information content (AvgIpc) is 2.89. The third-order valence-corrected chi connectivity index (χ3v) is 3.02. The third kappa shape index (κ3) is 3.64. The Labute approximate surface area is 115 Å². The lowest BCUT2D eigenvalue weighted by molar-refractivity contribution is -0.126. The number of halogens is 2. The van der Waals surface area contributed by atoms with Crippen molar-refractivity contribution in [2.75, 3.05) is 11.9 Å². The van der Waals surface area contributed by atoms with E-state index in [2.05, 4.69) is 10.1 Å². The Morgan fingerprint density at radius 1 is 1.45 bits per heavy atom. The van der Waals surface area contributed by atoms with Crippen molar-refractivity contribution in [1.29, 1.82) is 0 Å². The van der Waals surface area contributed by atoms with E-state index in [4.69, 9.17) is 10.5 Å². The van der Waals surface area contributed by atoms with Gasteiger partial charge in [-0.15, -0.1) is 0 Å². The van der Waals surface area contributed by atoms with Gasteiger partial charge in [0.05, 0.1) is 11.8 Å². The molecule has 0 radical (unpaired) electrons. The molecule has 1 aromatic carbocycles. The number of hydrogen-bond acceptors (Lipinski definition) is 4. The van der Waals surface area contributed by atoms with E-state index >= 15 is 0 Å². The molecule has 2 unspecified atom stereocenters. The maximum atomic E-state index is 12.3. The van der Waals surface area contributed by atoms with E-state index in [9.17, 15) is 13.6 Å². The van der Waals surface area contributed by atoms with Crippen molar-refractivity contribution in [3.63, 3.8) is 0 Å². The maximum absolute atomic E-state index is 12.3. The number of nitrogens with one attached hydrogen (secondary N) is 1. The Morgan fingerprint density at radius 2 is 2.20 bits per heavy atom. The SMILES string of the molecule is NCC1CCC(C(=O)Nc2ccccc2OC(F)F)O1. The molecule has 1 aromatic rings. The quantitative estimate of drug-likeness (QED) is 0.864. The van der Waals surface area contributed by atoms with Crippen molar-refractivity contribution < 1.29 is 23.0 Å². The summed E-state index contributed by atoms with van der Waals surface area (Å²) < 4.78 is 34.3. The highest BCUT2D eigenvalue weighted by Crippen LogP contribution is 2.27. The second-order valence-corrected chi connectivity index (χ2v) is 4.42. The van der Waals surface area contributed by atoms with Gasteiger partial charge in [-0.05, 0) is 25.0 Å². The summed E-state index contributed by atoms with van der Waals surface area (Å²) in [5.74, 6) is -0.463. The molecule has 2 atom stereocenters. The molecule has 1 fully saturated rings. The number of carbonyl (C=O) groups excluding carboxylic acids is 1. The first-order chi connectivity index (χ1) is 9.60. The minimum atomic E-state index is -2.95. The molecule has 5 nitrogen and oxygen atoms in total. The Kier molecular flexibility index (Phi) is 4.86. The topological polar surface area (TPSA) is 73.6 Å². The lowest BCUT2D eigenvalue weighted by Crippen LogP contribution is -2.30. The smallest absolute Gasteiger partial charge is 0.387 e. The highest BCUT2D eigenvalue weighted by atomic mass is 19.3. The molecule has 0 bridgehead atoms. The van der Waals surface area contributed by atoms with Crippen molar-refractivity contribution in [1.82, 2.24) is 0 Å². The Morgan fingerprint density at radius 3 is 2.85 bits per heavy atom. The van der Waals surface area contributed by atoms with Crippen molar-refractivity contribution >= 4 is 11.6 Å². The summed E-state index contributed by atoms with van der Waals surface area (Å²) >= 11 is 0. The molecule has 110 valence electrons. The normalized spacial score (nSPS) is 22.0. The van der Waals surface area contributed by atoms with E-state index in [-0.39, 0.29) is 23.4 Å². The number of anilines is 1. The van der Waals surface area contributed by atoms with Crippen molar-refractivity contribution in [3.05, 3.63) is 24.3 Å². The van der Waals surface area contributed by atoms with Crippen LogP contribution in [0.25, 0.3) is 0 Å². The number of carbonyl (C=O) groups is 1. The minimum absolute atomic E-state index is 0.0794. The number of ether oxygens (including phenoxy) is 2. The van der Waals surface area contributed by atoms with Crippen LogP contribution in [0.2, 0.25) is 0 Å². The molecule has 1 aliphatic rings. The van der Waals surface area contributed by atoms with E-state index < -0.39 is 12.7 Å². The molecule has 1 amide bonds. The fraction of sp³-hybridized carbons (Fsp3) is 0.462. The van der Waals surface area contributed by atoms with Gasteiger partial charge in [0.1, 0.15) is 11.9 Å². The number of nitrogens with two attached hydrogens (primary N) is 1. The van der Waals surface area contributed by atoms with Crippen LogP contribution in [0.15, 0.2) is 24.3 Å². The lowest BCUT2D eigenvalue weighted by Gasteiger charge is -2.15. The molecule has 1 saturated heterocycles. The van der Waals surface area contributed by atoms with Gasteiger partial charge in [0.15, 0.2) is 0 Å². The number of hydrogen-bond donors (Lipinski definition) is 2. The van der Waals surface area contributed by atoms with Crippen LogP contribution >= 0.6 is 0 Å². The summed E-state index contributed by atoms with van der Waals surface area (Å²) in [7, 11) is 0. The summed E-state index contributed by atoms with van der Waals surface area (Å²) in [6.45, 7) is -2.59.